The highest BCUT2D eigenvalue weighted by atomic mass is 16.5. The monoisotopic (exact) mass is 414 g/mol. The average molecular weight is 415 g/mol. The van der Waals surface area contributed by atoms with E-state index in [9.17, 15) is 14.7 Å². The third-order valence-corrected chi connectivity index (χ3v) is 9.51. The van der Waals surface area contributed by atoms with E-state index in [0.717, 1.165) is 18.4 Å². The minimum atomic E-state index is -0.469. The molecule has 4 unspecified atom stereocenters. The quantitative estimate of drug-likeness (QED) is 0.527. The highest BCUT2D eigenvalue weighted by molar-refractivity contribution is 5.91. The van der Waals surface area contributed by atoms with Crippen LogP contribution in [0.3, 0.4) is 0 Å². The fraction of sp³-hybridized carbons (Fsp3) is 0.769. The number of hydrogen-bond acceptors (Lipinski definition) is 4. The van der Waals surface area contributed by atoms with Crippen molar-refractivity contribution in [3.8, 4) is 0 Å². The first-order chi connectivity index (χ1) is 14.2. The topological polar surface area (TPSA) is 63.6 Å². The van der Waals surface area contributed by atoms with Gasteiger partial charge >= 0.3 is 5.97 Å². The zero-order valence-electron chi connectivity index (χ0n) is 19.0. The molecule has 3 fully saturated rings. The minimum absolute atomic E-state index is 0.0227. The Balaban J connectivity index is 1.56. The molecule has 0 aromatic carbocycles. The Labute approximate surface area is 181 Å². The van der Waals surface area contributed by atoms with E-state index in [1.807, 2.05) is 13.0 Å². The summed E-state index contributed by atoms with van der Waals surface area (Å²) in [5.41, 5.74) is 1.25. The van der Waals surface area contributed by atoms with Crippen LogP contribution in [0.1, 0.15) is 72.6 Å². The number of carbonyl (C=O) groups excluding carboxylic acids is 2. The van der Waals surface area contributed by atoms with Gasteiger partial charge in [0.05, 0.1) is 12.7 Å². The lowest BCUT2D eigenvalue weighted by molar-refractivity contribution is -0.137. The molecule has 4 aliphatic carbocycles. The summed E-state index contributed by atoms with van der Waals surface area (Å²) in [6.45, 7) is 9.26. The summed E-state index contributed by atoms with van der Waals surface area (Å²) in [5.74, 6) is 2.55. The van der Waals surface area contributed by atoms with Gasteiger partial charge in [0.2, 0.25) is 0 Å². The molecular formula is C26H38O4. The van der Waals surface area contributed by atoms with Crippen molar-refractivity contribution in [1.82, 2.24) is 0 Å². The maximum atomic E-state index is 12.0. The van der Waals surface area contributed by atoms with Gasteiger partial charge in [0.15, 0.2) is 5.78 Å². The number of carbonyl (C=O) groups is 2. The molecule has 0 aliphatic heterocycles. The van der Waals surface area contributed by atoms with Crippen molar-refractivity contribution >= 4 is 11.8 Å². The summed E-state index contributed by atoms with van der Waals surface area (Å²) in [7, 11) is 0. The Bertz CT molecular complexity index is 767. The maximum absolute atomic E-state index is 12.0. The van der Waals surface area contributed by atoms with Crippen LogP contribution in [0.15, 0.2) is 23.8 Å². The Morgan fingerprint density at radius 3 is 2.77 bits per heavy atom. The van der Waals surface area contributed by atoms with Crippen LogP contribution in [-0.4, -0.2) is 29.6 Å². The van der Waals surface area contributed by atoms with Gasteiger partial charge in [-0.15, -0.1) is 0 Å². The Morgan fingerprint density at radius 2 is 2.03 bits per heavy atom. The lowest BCUT2D eigenvalue weighted by atomic mass is 9.46. The van der Waals surface area contributed by atoms with Gasteiger partial charge in [-0.25, -0.2) is 4.79 Å². The predicted octanol–water partition coefficient (Wildman–Crippen LogP) is 4.86. The van der Waals surface area contributed by atoms with Crippen molar-refractivity contribution in [3.05, 3.63) is 23.8 Å². The van der Waals surface area contributed by atoms with Gasteiger partial charge in [-0.1, -0.05) is 26.8 Å². The van der Waals surface area contributed by atoms with Crippen LogP contribution < -0.4 is 0 Å². The van der Waals surface area contributed by atoms with Crippen LogP contribution in [0.4, 0.5) is 0 Å². The Kier molecular flexibility index (Phi) is 5.76. The van der Waals surface area contributed by atoms with Gasteiger partial charge in [-0.05, 0) is 97.5 Å². The molecule has 0 amide bonds. The van der Waals surface area contributed by atoms with Crippen LogP contribution in [0.25, 0.3) is 0 Å². The number of allylic oxidation sites excluding steroid dienone is 1. The zero-order chi connectivity index (χ0) is 21.7. The fourth-order valence-electron chi connectivity index (χ4n) is 8.07. The second-order valence-electron chi connectivity index (χ2n) is 10.8. The lowest BCUT2D eigenvalue weighted by Crippen LogP contribution is -2.54. The van der Waals surface area contributed by atoms with Gasteiger partial charge in [0.1, 0.15) is 0 Å². The largest absolute Gasteiger partial charge is 0.463 e. The molecular weight excluding hydrogens is 376 g/mol. The molecule has 4 aliphatic rings. The van der Waals surface area contributed by atoms with E-state index in [1.165, 1.54) is 25.7 Å². The summed E-state index contributed by atoms with van der Waals surface area (Å²) in [5, 5.41) is 11.0. The van der Waals surface area contributed by atoms with Crippen molar-refractivity contribution in [3.63, 3.8) is 0 Å². The highest BCUT2D eigenvalue weighted by Gasteiger charge is 2.60. The molecule has 8 atom stereocenters. The van der Waals surface area contributed by atoms with Crippen LogP contribution >= 0.6 is 0 Å². The minimum Gasteiger partial charge on any atom is -0.463 e. The molecule has 3 saturated carbocycles. The number of fused-ring (bicyclic) bond motifs is 5. The molecule has 4 rings (SSSR count). The number of rotatable bonds is 4. The van der Waals surface area contributed by atoms with E-state index >= 15 is 0 Å². The fourth-order valence-corrected chi connectivity index (χ4v) is 8.07. The first-order valence-corrected chi connectivity index (χ1v) is 12.0. The van der Waals surface area contributed by atoms with Gasteiger partial charge < -0.3 is 9.84 Å². The third kappa shape index (κ3) is 3.39. The van der Waals surface area contributed by atoms with Crippen LogP contribution in [0, 0.1) is 40.4 Å². The smallest absolute Gasteiger partial charge is 0.330 e. The molecule has 0 bridgehead atoms. The highest BCUT2D eigenvalue weighted by Crippen LogP contribution is 2.67. The molecule has 4 heteroatoms. The SMILES string of the molecule is CCOC(=O)/C=C/[C@@H](C)C1CCC2C3C[C@@H](O)C4=CC(=O)CC[C@]4(C)C3CC[C@@]21C. The number of esters is 1. The van der Waals surface area contributed by atoms with Crippen molar-refractivity contribution in [1.29, 1.82) is 0 Å². The number of ether oxygens (including phenoxy) is 1. The van der Waals surface area contributed by atoms with Crippen molar-refractivity contribution < 1.29 is 19.4 Å². The summed E-state index contributed by atoms with van der Waals surface area (Å²) >= 11 is 0. The molecule has 1 N–H and O–H groups in total. The van der Waals surface area contributed by atoms with Crippen molar-refractivity contribution in [2.75, 3.05) is 6.61 Å². The molecule has 0 radical (unpaired) electrons. The zero-order valence-corrected chi connectivity index (χ0v) is 19.0. The van der Waals surface area contributed by atoms with E-state index in [-0.39, 0.29) is 22.6 Å². The number of aliphatic hydroxyl groups excluding tert-OH is 1. The van der Waals surface area contributed by atoms with Gasteiger partial charge in [0, 0.05) is 12.5 Å². The number of hydrogen-bond donors (Lipinski definition) is 1. The van der Waals surface area contributed by atoms with Gasteiger partial charge in [0.25, 0.3) is 0 Å². The van der Waals surface area contributed by atoms with E-state index in [0.29, 0.717) is 42.6 Å². The molecule has 4 nitrogen and oxygen atoms in total. The molecule has 0 spiro atoms. The van der Waals surface area contributed by atoms with E-state index < -0.39 is 6.10 Å². The molecule has 166 valence electrons. The summed E-state index contributed by atoms with van der Waals surface area (Å²) in [4.78, 5) is 23.8. The van der Waals surface area contributed by atoms with Crippen molar-refractivity contribution in [2.45, 2.75) is 78.7 Å². The van der Waals surface area contributed by atoms with Gasteiger partial charge in [-0.3, -0.25) is 4.79 Å². The molecule has 0 saturated heterocycles. The van der Waals surface area contributed by atoms with E-state index in [4.69, 9.17) is 4.74 Å². The molecule has 0 aromatic rings. The normalized spacial score (nSPS) is 44.1. The second-order valence-corrected chi connectivity index (χ2v) is 10.8. The standard InChI is InChI=1S/C26H38O4/c1-5-30-24(29)9-6-16(2)19-7-8-20-18-15-23(28)22-14-17(27)10-12-26(22,4)21(18)11-13-25(19,20)3/h6,9,14,16,18-21,23,28H,5,7-8,10-13,15H2,1-4H3/b9-6+/t16-,18?,19?,20?,21?,23-,25-,26-/m1/s1. The lowest BCUT2D eigenvalue weighted by Gasteiger charge is -2.59. The summed E-state index contributed by atoms with van der Waals surface area (Å²) in [6.07, 6.45) is 12.1. The van der Waals surface area contributed by atoms with Crippen molar-refractivity contribution in [2.24, 2.45) is 40.4 Å². The summed E-state index contributed by atoms with van der Waals surface area (Å²) < 4.78 is 5.06. The van der Waals surface area contributed by atoms with Gasteiger partial charge in [-0.2, -0.15) is 0 Å². The molecule has 0 heterocycles. The summed E-state index contributed by atoms with van der Waals surface area (Å²) in [6, 6.07) is 0. The number of aliphatic hydroxyl groups is 1. The van der Waals surface area contributed by atoms with Crippen LogP contribution in [0.2, 0.25) is 0 Å². The van der Waals surface area contributed by atoms with Crippen LogP contribution in [0.5, 0.6) is 0 Å². The Hall–Kier alpha value is -1.42. The maximum Gasteiger partial charge on any atom is 0.330 e. The molecule has 0 aromatic heterocycles. The Morgan fingerprint density at radius 1 is 1.27 bits per heavy atom. The van der Waals surface area contributed by atoms with Crippen LogP contribution in [-0.2, 0) is 14.3 Å². The number of ketones is 1. The third-order valence-electron chi connectivity index (χ3n) is 9.51. The average Bonchev–Trinajstić information content (AvgIpc) is 3.05. The predicted molar refractivity (Wildman–Crippen MR) is 117 cm³/mol. The van der Waals surface area contributed by atoms with E-state index in [2.05, 4.69) is 20.8 Å². The second kappa shape index (κ2) is 7.93. The molecule has 30 heavy (non-hydrogen) atoms. The first kappa shape index (κ1) is 21.8. The van der Waals surface area contributed by atoms with E-state index in [1.54, 1.807) is 12.2 Å². The first-order valence-electron chi connectivity index (χ1n) is 12.0.